The van der Waals surface area contributed by atoms with Gasteiger partial charge in [-0.05, 0) is 32.9 Å². The fourth-order valence-electron chi connectivity index (χ4n) is 2.47. The largest absolute Gasteiger partial charge is 0.451 e. The lowest BCUT2D eigenvalue weighted by Crippen LogP contribution is -2.33. The molecule has 8 heteroatoms. The fraction of sp³-hybridized carbons (Fsp3) is 0.333. The zero-order valence-electron chi connectivity index (χ0n) is 15.0. The van der Waals surface area contributed by atoms with Crippen molar-refractivity contribution in [1.82, 2.24) is 14.9 Å². The van der Waals surface area contributed by atoms with Gasteiger partial charge in [0.1, 0.15) is 9.88 Å². The van der Waals surface area contributed by atoms with Gasteiger partial charge in [-0.3, -0.25) is 4.79 Å². The second-order valence-electron chi connectivity index (χ2n) is 5.92. The van der Waals surface area contributed by atoms with Crippen LogP contribution in [0.5, 0.6) is 0 Å². The molecule has 0 spiro atoms. The number of esters is 1. The Morgan fingerprint density at radius 2 is 1.92 bits per heavy atom. The van der Waals surface area contributed by atoms with E-state index in [1.165, 1.54) is 11.3 Å². The van der Waals surface area contributed by atoms with E-state index >= 15 is 0 Å². The summed E-state index contributed by atoms with van der Waals surface area (Å²) in [5.74, 6) is -0.786. The molecule has 0 fully saturated rings. The van der Waals surface area contributed by atoms with E-state index in [0.29, 0.717) is 10.6 Å². The quantitative estimate of drug-likeness (QED) is 0.622. The van der Waals surface area contributed by atoms with E-state index in [2.05, 4.69) is 9.97 Å². The molecule has 3 rings (SSSR count). The number of nitrogens with zero attached hydrogens (tertiary/aromatic N) is 3. The molecule has 0 bridgehead atoms. The first-order valence-corrected chi connectivity index (χ1v) is 9.72. The van der Waals surface area contributed by atoms with Gasteiger partial charge in [0.15, 0.2) is 6.61 Å². The van der Waals surface area contributed by atoms with E-state index in [4.69, 9.17) is 4.74 Å². The minimum atomic E-state index is -0.512. The van der Waals surface area contributed by atoms with Crippen molar-refractivity contribution in [2.24, 2.45) is 0 Å². The molecule has 26 heavy (non-hydrogen) atoms. The average Bonchev–Trinajstić information content (AvgIpc) is 3.20. The Hall–Kier alpha value is -2.32. The summed E-state index contributed by atoms with van der Waals surface area (Å²) in [5, 5.41) is 1.64. The number of fused-ring (bicyclic) bond motifs is 1. The highest BCUT2D eigenvalue weighted by atomic mass is 32.1. The smallest absolute Gasteiger partial charge is 0.350 e. The van der Waals surface area contributed by atoms with Crippen LogP contribution in [0.1, 0.15) is 38.3 Å². The zero-order chi connectivity index (χ0) is 18.8. The van der Waals surface area contributed by atoms with Gasteiger partial charge in [0, 0.05) is 7.05 Å². The number of thiazole rings is 2. The molecule has 0 unspecified atom stereocenters. The number of likely N-dealkylation sites (N-methyl/N-ethyl adjacent to an activating group) is 1. The average molecular weight is 390 g/mol. The second kappa shape index (κ2) is 7.51. The molecule has 6 nitrogen and oxygen atoms in total. The molecule has 0 radical (unpaired) electrons. The maximum atomic E-state index is 12.4. The lowest BCUT2D eigenvalue weighted by atomic mass is 10.3. The number of carbonyl (C=O) groups is 2. The molecule has 0 saturated carbocycles. The number of benzene rings is 1. The summed E-state index contributed by atoms with van der Waals surface area (Å²) in [4.78, 5) is 35.3. The normalized spacial score (nSPS) is 12.2. The Bertz CT molecular complexity index is 931. The summed E-state index contributed by atoms with van der Waals surface area (Å²) in [6.07, 6.45) is 0. The number of hydrogen-bond donors (Lipinski definition) is 0. The third-order valence-corrected chi connectivity index (χ3v) is 6.32. The minimum absolute atomic E-state index is 0.203. The number of carbonyl (C=O) groups excluding carboxylic acids is 2. The third kappa shape index (κ3) is 3.76. The number of aryl methyl sites for hydroxylation is 2. The molecule has 0 aliphatic carbocycles. The maximum Gasteiger partial charge on any atom is 0.350 e. The van der Waals surface area contributed by atoms with E-state index in [-0.39, 0.29) is 18.6 Å². The Morgan fingerprint density at radius 3 is 2.58 bits per heavy atom. The van der Waals surface area contributed by atoms with E-state index in [0.717, 1.165) is 20.2 Å². The summed E-state index contributed by atoms with van der Waals surface area (Å²) in [7, 11) is 1.69. The summed E-state index contributed by atoms with van der Waals surface area (Å²) in [5.41, 5.74) is 1.55. The van der Waals surface area contributed by atoms with Gasteiger partial charge < -0.3 is 9.64 Å². The molecule has 0 N–H and O–H groups in total. The Morgan fingerprint density at radius 1 is 1.19 bits per heavy atom. The van der Waals surface area contributed by atoms with Gasteiger partial charge in [-0.2, -0.15) is 0 Å². The van der Waals surface area contributed by atoms with Gasteiger partial charge in [-0.1, -0.05) is 12.1 Å². The number of para-hydroxylation sites is 1. The van der Waals surface area contributed by atoms with Gasteiger partial charge in [0.2, 0.25) is 0 Å². The van der Waals surface area contributed by atoms with Crippen LogP contribution in [0, 0.1) is 13.8 Å². The number of hydrogen-bond acceptors (Lipinski definition) is 7. The molecule has 0 aliphatic heterocycles. The van der Waals surface area contributed by atoms with Crippen molar-refractivity contribution >= 4 is 44.8 Å². The van der Waals surface area contributed by atoms with E-state index in [1.54, 1.807) is 30.2 Å². The number of aromatic nitrogens is 2. The first kappa shape index (κ1) is 18.5. The number of amides is 1. The van der Waals surface area contributed by atoms with Gasteiger partial charge in [-0.25, -0.2) is 14.8 Å². The molecule has 1 atom stereocenters. The van der Waals surface area contributed by atoms with Crippen LogP contribution in [-0.2, 0) is 9.53 Å². The molecule has 3 aromatic rings. The summed E-state index contributed by atoms with van der Waals surface area (Å²) in [6, 6.07) is 7.66. The molecule has 0 aliphatic rings. The molecule has 136 valence electrons. The van der Waals surface area contributed by atoms with E-state index in [1.807, 2.05) is 38.1 Å². The molecule has 1 amide bonds. The third-order valence-electron chi connectivity index (χ3n) is 4.06. The highest BCUT2D eigenvalue weighted by Crippen LogP contribution is 2.28. The summed E-state index contributed by atoms with van der Waals surface area (Å²) >= 11 is 2.83. The van der Waals surface area contributed by atoms with Crippen LogP contribution < -0.4 is 0 Å². The maximum absolute atomic E-state index is 12.4. The Balaban J connectivity index is 1.63. The van der Waals surface area contributed by atoms with Gasteiger partial charge in [0.05, 0.1) is 27.0 Å². The van der Waals surface area contributed by atoms with E-state index in [9.17, 15) is 9.59 Å². The highest BCUT2D eigenvalue weighted by molar-refractivity contribution is 7.18. The van der Waals surface area contributed by atoms with Gasteiger partial charge in [-0.15, -0.1) is 22.7 Å². The molecular formula is C18H19N3O3S2. The monoisotopic (exact) mass is 389 g/mol. The second-order valence-corrected chi connectivity index (χ2v) is 8.19. The van der Waals surface area contributed by atoms with Crippen LogP contribution in [0.3, 0.4) is 0 Å². The van der Waals surface area contributed by atoms with E-state index < -0.39 is 5.97 Å². The number of ether oxygens (including phenoxy) is 1. The minimum Gasteiger partial charge on any atom is -0.451 e. The first-order valence-electron chi connectivity index (χ1n) is 8.09. The number of rotatable bonds is 5. The molecule has 1 aromatic carbocycles. The highest BCUT2D eigenvalue weighted by Gasteiger charge is 2.23. The van der Waals surface area contributed by atoms with Crippen molar-refractivity contribution in [2.75, 3.05) is 13.7 Å². The van der Waals surface area contributed by atoms with Crippen molar-refractivity contribution in [3.63, 3.8) is 0 Å². The Labute approximate surface area is 159 Å². The van der Waals surface area contributed by atoms with Gasteiger partial charge in [0.25, 0.3) is 5.91 Å². The van der Waals surface area contributed by atoms with Crippen molar-refractivity contribution < 1.29 is 14.3 Å². The lowest BCUT2D eigenvalue weighted by Gasteiger charge is -2.23. The molecule has 2 aromatic heterocycles. The van der Waals surface area contributed by atoms with Crippen LogP contribution in [0.4, 0.5) is 0 Å². The van der Waals surface area contributed by atoms with Crippen LogP contribution >= 0.6 is 22.7 Å². The van der Waals surface area contributed by atoms with Crippen LogP contribution in [0.25, 0.3) is 10.2 Å². The van der Waals surface area contributed by atoms with Crippen LogP contribution in [0.15, 0.2) is 24.3 Å². The zero-order valence-corrected chi connectivity index (χ0v) is 16.6. The molecular weight excluding hydrogens is 370 g/mol. The van der Waals surface area contributed by atoms with Crippen molar-refractivity contribution in [3.8, 4) is 0 Å². The fourth-order valence-corrected chi connectivity index (χ4v) is 4.34. The van der Waals surface area contributed by atoms with Crippen LogP contribution in [0.2, 0.25) is 0 Å². The SMILES string of the molecule is Cc1nc(C)c(C(=O)OCC(=O)N(C)[C@H](C)c2nc3ccccc3s2)s1. The van der Waals surface area contributed by atoms with Crippen LogP contribution in [-0.4, -0.2) is 40.4 Å². The van der Waals surface area contributed by atoms with Crippen molar-refractivity contribution in [3.05, 3.63) is 44.9 Å². The standard InChI is InChI=1S/C18H19N3O3S2/c1-10-16(25-12(3)19-10)18(23)24-9-15(22)21(4)11(2)17-20-13-7-5-6-8-14(13)26-17/h5-8,11H,9H2,1-4H3/t11-/m1/s1. The molecule has 2 heterocycles. The predicted molar refractivity (Wildman–Crippen MR) is 103 cm³/mol. The topological polar surface area (TPSA) is 72.4 Å². The summed E-state index contributed by atoms with van der Waals surface area (Å²) in [6.45, 7) is 5.19. The lowest BCUT2D eigenvalue weighted by molar-refractivity contribution is -0.135. The Kier molecular flexibility index (Phi) is 5.33. The summed E-state index contributed by atoms with van der Waals surface area (Å²) < 4.78 is 6.25. The first-order chi connectivity index (χ1) is 12.4. The van der Waals surface area contributed by atoms with Gasteiger partial charge >= 0.3 is 5.97 Å². The van der Waals surface area contributed by atoms with Crippen molar-refractivity contribution in [2.45, 2.75) is 26.8 Å². The predicted octanol–water partition coefficient (Wildman–Crippen LogP) is 3.75. The molecule has 0 saturated heterocycles. The van der Waals surface area contributed by atoms with Crippen molar-refractivity contribution in [1.29, 1.82) is 0 Å².